The number of halogens is 3. The zero-order valence-electron chi connectivity index (χ0n) is 12.5. The van der Waals surface area contributed by atoms with Gasteiger partial charge in [-0.15, -0.1) is 13.2 Å². The van der Waals surface area contributed by atoms with Gasteiger partial charge >= 0.3 is 6.36 Å². The Balaban J connectivity index is 2.37. The first-order chi connectivity index (χ1) is 10.6. The van der Waals surface area contributed by atoms with Gasteiger partial charge in [0.2, 0.25) is 10.0 Å². The Bertz CT molecular complexity index is 662. The van der Waals surface area contributed by atoms with Crippen LogP contribution >= 0.6 is 0 Å². The SMILES string of the molecule is CCC1(O)CCCN(S(=O)(=O)c2ccccc2OC(F)(F)F)C1. The van der Waals surface area contributed by atoms with Gasteiger partial charge < -0.3 is 9.84 Å². The number of nitrogens with zero attached hydrogens (tertiary/aromatic N) is 1. The fourth-order valence-electron chi connectivity index (χ4n) is 2.58. The number of benzene rings is 1. The van der Waals surface area contributed by atoms with Gasteiger partial charge in [0.15, 0.2) is 0 Å². The quantitative estimate of drug-likeness (QED) is 0.903. The molecule has 1 atom stereocenters. The van der Waals surface area contributed by atoms with Crippen LogP contribution in [0, 0.1) is 0 Å². The summed E-state index contributed by atoms with van der Waals surface area (Å²) >= 11 is 0. The molecule has 1 N–H and O–H groups in total. The molecular formula is C14H18F3NO4S. The standard InChI is InChI=1S/C14H18F3NO4S/c1-2-13(19)8-5-9-18(10-13)23(20,21)12-7-4-3-6-11(12)22-14(15,16)17/h3-4,6-7,19H,2,5,8-10H2,1H3. The molecule has 2 rings (SSSR count). The van der Waals surface area contributed by atoms with Gasteiger partial charge in [0.25, 0.3) is 0 Å². The van der Waals surface area contributed by atoms with Crippen molar-refractivity contribution in [3.05, 3.63) is 24.3 Å². The van der Waals surface area contributed by atoms with Gasteiger partial charge in [0.1, 0.15) is 10.6 Å². The number of piperidine rings is 1. The number of β-amino-alcohol motifs (C(OH)–C–C–N with tert-alkyl or cyclic N) is 1. The predicted octanol–water partition coefficient (Wildman–Crippen LogP) is 2.51. The van der Waals surface area contributed by atoms with E-state index in [9.17, 15) is 26.7 Å². The maximum absolute atomic E-state index is 12.7. The molecule has 1 saturated heterocycles. The molecule has 1 fully saturated rings. The van der Waals surface area contributed by atoms with E-state index in [1.54, 1.807) is 6.92 Å². The van der Waals surface area contributed by atoms with Crippen molar-refractivity contribution in [3.8, 4) is 5.75 Å². The Kier molecular flexibility index (Phi) is 4.93. The second-order valence-electron chi connectivity index (χ2n) is 5.51. The summed E-state index contributed by atoms with van der Waals surface area (Å²) in [6.07, 6.45) is -3.74. The van der Waals surface area contributed by atoms with Crippen LogP contribution in [0.15, 0.2) is 29.2 Å². The summed E-state index contributed by atoms with van der Waals surface area (Å²) in [4.78, 5) is -0.558. The van der Waals surface area contributed by atoms with Crippen LogP contribution in [-0.4, -0.2) is 42.9 Å². The molecule has 1 aromatic carbocycles. The molecule has 130 valence electrons. The maximum atomic E-state index is 12.7. The number of ether oxygens (including phenoxy) is 1. The summed E-state index contributed by atoms with van der Waals surface area (Å²) in [5.74, 6) is -0.773. The molecule has 0 aromatic heterocycles. The molecule has 0 saturated carbocycles. The highest BCUT2D eigenvalue weighted by Crippen LogP contribution is 2.34. The van der Waals surface area contributed by atoms with Crippen molar-refractivity contribution in [2.45, 2.75) is 43.0 Å². The van der Waals surface area contributed by atoms with Gasteiger partial charge in [-0.25, -0.2) is 8.42 Å². The lowest BCUT2D eigenvalue weighted by Crippen LogP contribution is -2.49. The third-order valence-corrected chi connectivity index (χ3v) is 5.76. The van der Waals surface area contributed by atoms with Crippen LogP contribution in [0.5, 0.6) is 5.75 Å². The van der Waals surface area contributed by atoms with E-state index in [0.717, 1.165) is 16.4 Å². The van der Waals surface area contributed by atoms with E-state index in [1.165, 1.54) is 12.1 Å². The average molecular weight is 353 g/mol. The molecule has 0 radical (unpaired) electrons. The lowest BCUT2D eigenvalue weighted by molar-refractivity contribution is -0.275. The van der Waals surface area contributed by atoms with Gasteiger partial charge in [-0.3, -0.25) is 0 Å². The molecule has 1 heterocycles. The molecule has 0 amide bonds. The average Bonchev–Trinajstić information content (AvgIpc) is 2.46. The predicted molar refractivity (Wildman–Crippen MR) is 76.4 cm³/mol. The highest BCUT2D eigenvalue weighted by molar-refractivity contribution is 7.89. The number of para-hydroxylation sites is 1. The number of alkyl halides is 3. The molecule has 1 aliphatic rings. The lowest BCUT2D eigenvalue weighted by Gasteiger charge is -2.38. The minimum Gasteiger partial charge on any atom is -0.404 e. The van der Waals surface area contributed by atoms with Crippen LogP contribution in [0.4, 0.5) is 13.2 Å². The van der Waals surface area contributed by atoms with Gasteiger partial charge in [-0.05, 0) is 31.4 Å². The van der Waals surface area contributed by atoms with Crippen molar-refractivity contribution in [2.75, 3.05) is 13.1 Å². The Hall–Kier alpha value is -1.32. The lowest BCUT2D eigenvalue weighted by atomic mass is 9.92. The van der Waals surface area contributed by atoms with Gasteiger partial charge in [0, 0.05) is 13.1 Å². The summed E-state index contributed by atoms with van der Waals surface area (Å²) in [5, 5.41) is 10.3. The summed E-state index contributed by atoms with van der Waals surface area (Å²) < 4.78 is 67.5. The van der Waals surface area contributed by atoms with Gasteiger partial charge in [-0.2, -0.15) is 4.31 Å². The molecule has 5 nitrogen and oxygen atoms in total. The highest BCUT2D eigenvalue weighted by atomic mass is 32.2. The summed E-state index contributed by atoms with van der Waals surface area (Å²) in [5.41, 5.74) is -1.16. The maximum Gasteiger partial charge on any atom is 0.573 e. The summed E-state index contributed by atoms with van der Waals surface area (Å²) in [6, 6.07) is 4.61. The van der Waals surface area contributed by atoms with Crippen LogP contribution in [0.25, 0.3) is 0 Å². The van der Waals surface area contributed by atoms with Crippen molar-refractivity contribution in [1.82, 2.24) is 4.31 Å². The topological polar surface area (TPSA) is 66.8 Å². The van der Waals surface area contributed by atoms with E-state index in [1.807, 2.05) is 0 Å². The first-order valence-electron chi connectivity index (χ1n) is 7.15. The number of rotatable bonds is 4. The molecule has 1 aromatic rings. The Morgan fingerprint density at radius 1 is 1.35 bits per heavy atom. The van der Waals surface area contributed by atoms with Crippen molar-refractivity contribution in [3.63, 3.8) is 0 Å². The van der Waals surface area contributed by atoms with E-state index >= 15 is 0 Å². The normalized spacial score (nSPS) is 23.7. The number of sulfonamides is 1. The van der Waals surface area contributed by atoms with Crippen molar-refractivity contribution in [1.29, 1.82) is 0 Å². The molecule has 1 unspecified atom stereocenters. The number of hydrogen-bond donors (Lipinski definition) is 1. The number of hydrogen-bond acceptors (Lipinski definition) is 4. The van der Waals surface area contributed by atoms with Crippen LogP contribution in [0.3, 0.4) is 0 Å². The van der Waals surface area contributed by atoms with Crippen molar-refractivity contribution < 1.29 is 31.4 Å². The molecule has 23 heavy (non-hydrogen) atoms. The van der Waals surface area contributed by atoms with E-state index < -0.39 is 32.6 Å². The minimum atomic E-state index is -4.99. The first-order valence-corrected chi connectivity index (χ1v) is 8.59. The first kappa shape index (κ1) is 18.0. The fourth-order valence-corrected chi connectivity index (χ4v) is 4.25. The second kappa shape index (κ2) is 6.29. The van der Waals surface area contributed by atoms with Gasteiger partial charge in [-0.1, -0.05) is 19.1 Å². The molecular weight excluding hydrogens is 335 g/mol. The zero-order valence-corrected chi connectivity index (χ0v) is 13.3. The molecule has 0 aliphatic carbocycles. The monoisotopic (exact) mass is 353 g/mol. The van der Waals surface area contributed by atoms with Crippen LogP contribution < -0.4 is 4.74 Å². The van der Waals surface area contributed by atoms with Crippen LogP contribution in [0.2, 0.25) is 0 Å². The summed E-state index contributed by atoms with van der Waals surface area (Å²) in [7, 11) is -4.20. The largest absolute Gasteiger partial charge is 0.573 e. The minimum absolute atomic E-state index is 0.144. The van der Waals surface area contributed by atoms with Crippen molar-refractivity contribution in [2.24, 2.45) is 0 Å². The van der Waals surface area contributed by atoms with Crippen LogP contribution in [0.1, 0.15) is 26.2 Å². The van der Waals surface area contributed by atoms with Gasteiger partial charge in [0.05, 0.1) is 5.60 Å². The summed E-state index contributed by atoms with van der Waals surface area (Å²) in [6.45, 7) is 1.73. The van der Waals surface area contributed by atoms with Crippen LogP contribution in [-0.2, 0) is 10.0 Å². The van der Waals surface area contributed by atoms with E-state index in [2.05, 4.69) is 4.74 Å². The van der Waals surface area contributed by atoms with E-state index in [0.29, 0.717) is 19.3 Å². The van der Waals surface area contributed by atoms with E-state index in [-0.39, 0.29) is 13.1 Å². The highest BCUT2D eigenvalue weighted by Gasteiger charge is 2.40. The Morgan fingerprint density at radius 2 is 2.00 bits per heavy atom. The fraction of sp³-hybridized carbons (Fsp3) is 0.571. The van der Waals surface area contributed by atoms with E-state index in [4.69, 9.17) is 0 Å². The third-order valence-electron chi connectivity index (χ3n) is 3.87. The zero-order chi connectivity index (χ0) is 17.3. The Morgan fingerprint density at radius 3 is 2.61 bits per heavy atom. The molecule has 9 heteroatoms. The molecule has 0 spiro atoms. The smallest absolute Gasteiger partial charge is 0.404 e. The number of aliphatic hydroxyl groups is 1. The Labute approximate surface area is 132 Å². The molecule has 0 bridgehead atoms. The van der Waals surface area contributed by atoms with Crippen molar-refractivity contribution >= 4 is 10.0 Å². The third kappa shape index (κ3) is 4.15. The molecule has 1 aliphatic heterocycles. The second-order valence-corrected chi connectivity index (χ2v) is 7.42.